The van der Waals surface area contributed by atoms with Crippen LogP contribution in [0.4, 0.5) is 5.69 Å². The average molecular weight is 395 g/mol. The first-order chi connectivity index (χ1) is 14.2. The van der Waals surface area contributed by atoms with Crippen LogP contribution >= 0.6 is 0 Å². The van der Waals surface area contributed by atoms with Crippen LogP contribution in [0.25, 0.3) is 0 Å². The number of ether oxygens (including phenoxy) is 2. The maximum absolute atomic E-state index is 12.6. The first-order valence-electron chi connectivity index (χ1n) is 10.0. The Labute approximate surface area is 170 Å². The largest absolute Gasteiger partial charge is 0.474 e. The van der Waals surface area contributed by atoms with Crippen molar-refractivity contribution in [2.75, 3.05) is 31.2 Å². The molecule has 29 heavy (non-hydrogen) atoms. The summed E-state index contributed by atoms with van der Waals surface area (Å²) >= 11 is 0. The molecular weight excluding hydrogens is 370 g/mol. The third kappa shape index (κ3) is 4.92. The van der Waals surface area contributed by atoms with E-state index in [-0.39, 0.29) is 23.8 Å². The highest BCUT2D eigenvalue weighted by molar-refractivity contribution is 5.96. The quantitative estimate of drug-likeness (QED) is 0.813. The number of rotatable bonds is 6. The highest BCUT2D eigenvalue weighted by Crippen LogP contribution is 2.24. The number of hydrogen-bond acceptors (Lipinski definition) is 5. The third-order valence-corrected chi connectivity index (χ3v) is 5.28. The van der Waals surface area contributed by atoms with E-state index in [0.29, 0.717) is 44.2 Å². The average Bonchev–Trinajstić information content (AvgIpc) is 3.14. The third-order valence-electron chi connectivity index (χ3n) is 5.28. The van der Waals surface area contributed by atoms with Crippen LogP contribution in [-0.4, -0.2) is 49.2 Å². The van der Waals surface area contributed by atoms with Gasteiger partial charge in [-0.05, 0) is 18.2 Å². The van der Waals surface area contributed by atoms with Crippen molar-refractivity contribution in [3.8, 4) is 5.88 Å². The Bertz CT molecular complexity index is 852. The van der Waals surface area contributed by atoms with Crippen molar-refractivity contribution >= 4 is 17.5 Å². The summed E-state index contributed by atoms with van der Waals surface area (Å²) in [6, 6.07) is 13.0. The maximum atomic E-state index is 12.6. The molecule has 0 unspecified atom stereocenters. The van der Waals surface area contributed by atoms with Gasteiger partial charge in [0, 0.05) is 61.8 Å². The zero-order chi connectivity index (χ0) is 20.1. The van der Waals surface area contributed by atoms with Gasteiger partial charge in [0.05, 0.1) is 13.2 Å². The molecule has 3 heterocycles. The second-order valence-electron chi connectivity index (χ2n) is 7.43. The van der Waals surface area contributed by atoms with Crippen LogP contribution < -0.4 is 15.0 Å². The standard InChI is InChI=1S/C22H25N3O4/c26-21-12-16(15-25(21)18-4-2-1-3-5-18)14-24-22(27)17-6-9-23-20(13-17)29-19-7-10-28-11-8-19/h1-6,9,13,16,19H,7-8,10-12,14-15H2,(H,24,27)/t16-/m0/s1. The summed E-state index contributed by atoms with van der Waals surface area (Å²) in [5, 5.41) is 2.94. The second-order valence-corrected chi connectivity index (χ2v) is 7.43. The van der Waals surface area contributed by atoms with Crippen LogP contribution in [0.15, 0.2) is 48.7 Å². The molecule has 2 saturated heterocycles. The van der Waals surface area contributed by atoms with Gasteiger partial charge < -0.3 is 19.7 Å². The van der Waals surface area contributed by atoms with E-state index in [2.05, 4.69) is 10.3 Å². The van der Waals surface area contributed by atoms with Gasteiger partial charge >= 0.3 is 0 Å². The summed E-state index contributed by atoms with van der Waals surface area (Å²) in [6.45, 7) is 2.43. The fourth-order valence-electron chi connectivity index (χ4n) is 3.69. The lowest BCUT2D eigenvalue weighted by Gasteiger charge is -2.22. The van der Waals surface area contributed by atoms with Crippen LogP contribution in [0.2, 0.25) is 0 Å². The van der Waals surface area contributed by atoms with Crippen LogP contribution in [0.3, 0.4) is 0 Å². The Morgan fingerprint density at radius 1 is 1.21 bits per heavy atom. The van der Waals surface area contributed by atoms with Crippen molar-refractivity contribution in [3.05, 3.63) is 54.2 Å². The lowest BCUT2D eigenvalue weighted by molar-refractivity contribution is -0.117. The van der Waals surface area contributed by atoms with E-state index in [1.165, 1.54) is 0 Å². The number of aromatic nitrogens is 1. The number of nitrogens with zero attached hydrogens (tertiary/aromatic N) is 2. The molecule has 0 aliphatic carbocycles. The molecule has 0 saturated carbocycles. The normalized spacial score (nSPS) is 19.9. The van der Waals surface area contributed by atoms with Crippen molar-refractivity contribution in [1.29, 1.82) is 0 Å². The van der Waals surface area contributed by atoms with Crippen molar-refractivity contribution < 1.29 is 19.1 Å². The zero-order valence-electron chi connectivity index (χ0n) is 16.3. The smallest absolute Gasteiger partial charge is 0.251 e. The molecule has 4 rings (SSSR count). The topological polar surface area (TPSA) is 80.8 Å². The Morgan fingerprint density at radius 2 is 2.00 bits per heavy atom. The summed E-state index contributed by atoms with van der Waals surface area (Å²) in [5.41, 5.74) is 1.40. The molecule has 2 aromatic rings. The molecule has 7 nitrogen and oxygen atoms in total. The lowest BCUT2D eigenvalue weighted by Crippen LogP contribution is -2.31. The maximum Gasteiger partial charge on any atom is 0.251 e. The molecule has 1 N–H and O–H groups in total. The Kier molecular flexibility index (Phi) is 6.05. The van der Waals surface area contributed by atoms with Gasteiger partial charge in [-0.2, -0.15) is 0 Å². The minimum atomic E-state index is -0.185. The van der Waals surface area contributed by atoms with E-state index in [1.54, 1.807) is 23.2 Å². The fraction of sp³-hybridized carbons (Fsp3) is 0.409. The van der Waals surface area contributed by atoms with E-state index in [9.17, 15) is 9.59 Å². The first-order valence-corrected chi connectivity index (χ1v) is 10.0. The Hall–Kier alpha value is -2.93. The van der Waals surface area contributed by atoms with Crippen LogP contribution in [0, 0.1) is 5.92 Å². The van der Waals surface area contributed by atoms with Gasteiger partial charge in [-0.3, -0.25) is 9.59 Å². The fourth-order valence-corrected chi connectivity index (χ4v) is 3.69. The molecule has 1 atom stereocenters. The van der Waals surface area contributed by atoms with E-state index in [1.807, 2.05) is 30.3 Å². The number of amides is 2. The Balaban J connectivity index is 1.31. The van der Waals surface area contributed by atoms with Crippen molar-refractivity contribution in [2.45, 2.75) is 25.4 Å². The predicted molar refractivity (Wildman–Crippen MR) is 108 cm³/mol. The summed E-state index contributed by atoms with van der Waals surface area (Å²) in [5.74, 6) is 0.448. The van der Waals surface area contributed by atoms with Crippen LogP contribution in [-0.2, 0) is 9.53 Å². The van der Waals surface area contributed by atoms with Crippen molar-refractivity contribution in [3.63, 3.8) is 0 Å². The molecule has 1 aromatic heterocycles. The number of carbonyl (C=O) groups is 2. The highest BCUT2D eigenvalue weighted by atomic mass is 16.5. The molecule has 2 aliphatic heterocycles. The molecule has 2 fully saturated rings. The molecule has 2 amide bonds. The number of anilines is 1. The number of carbonyl (C=O) groups excluding carboxylic acids is 2. The van der Waals surface area contributed by atoms with Gasteiger partial charge in [-0.1, -0.05) is 18.2 Å². The van der Waals surface area contributed by atoms with Crippen LogP contribution in [0.5, 0.6) is 5.88 Å². The highest BCUT2D eigenvalue weighted by Gasteiger charge is 2.30. The van der Waals surface area contributed by atoms with Crippen LogP contribution in [0.1, 0.15) is 29.6 Å². The molecule has 0 radical (unpaired) electrons. The van der Waals surface area contributed by atoms with Crippen molar-refractivity contribution in [1.82, 2.24) is 10.3 Å². The van der Waals surface area contributed by atoms with E-state index >= 15 is 0 Å². The Morgan fingerprint density at radius 3 is 2.79 bits per heavy atom. The summed E-state index contributed by atoms with van der Waals surface area (Å²) in [4.78, 5) is 30.9. The molecule has 1 aromatic carbocycles. The second kappa shape index (κ2) is 9.05. The van der Waals surface area contributed by atoms with Gasteiger partial charge in [0.2, 0.25) is 11.8 Å². The molecule has 2 aliphatic rings. The van der Waals surface area contributed by atoms with E-state index in [4.69, 9.17) is 9.47 Å². The monoisotopic (exact) mass is 395 g/mol. The molecule has 0 spiro atoms. The number of pyridine rings is 1. The number of benzene rings is 1. The predicted octanol–water partition coefficient (Wildman–Crippen LogP) is 2.42. The first kappa shape index (κ1) is 19.4. The summed E-state index contributed by atoms with van der Waals surface area (Å²) < 4.78 is 11.2. The van der Waals surface area contributed by atoms with Gasteiger partial charge in [0.1, 0.15) is 6.10 Å². The number of hydrogen-bond donors (Lipinski definition) is 1. The molecule has 7 heteroatoms. The lowest BCUT2D eigenvalue weighted by atomic mass is 10.1. The minimum absolute atomic E-state index is 0.0723. The summed E-state index contributed by atoms with van der Waals surface area (Å²) in [7, 11) is 0. The zero-order valence-corrected chi connectivity index (χ0v) is 16.3. The molecule has 0 bridgehead atoms. The summed E-state index contributed by atoms with van der Waals surface area (Å²) in [6.07, 6.45) is 3.74. The van der Waals surface area contributed by atoms with E-state index in [0.717, 1.165) is 18.5 Å². The van der Waals surface area contributed by atoms with Gasteiger partial charge in [-0.25, -0.2) is 4.98 Å². The number of para-hydroxylation sites is 1. The van der Waals surface area contributed by atoms with Gasteiger partial charge in [0.15, 0.2) is 0 Å². The van der Waals surface area contributed by atoms with Gasteiger partial charge in [-0.15, -0.1) is 0 Å². The molecular formula is C22H25N3O4. The van der Waals surface area contributed by atoms with E-state index < -0.39 is 0 Å². The SMILES string of the molecule is O=C(NC[C@@H]1CC(=O)N(c2ccccc2)C1)c1ccnc(OC2CCOCC2)c1. The van der Waals surface area contributed by atoms with Gasteiger partial charge in [0.25, 0.3) is 5.91 Å². The molecule has 152 valence electrons. The number of nitrogens with one attached hydrogen (secondary N) is 1. The van der Waals surface area contributed by atoms with Crippen molar-refractivity contribution in [2.24, 2.45) is 5.92 Å². The minimum Gasteiger partial charge on any atom is -0.474 e.